The van der Waals surface area contributed by atoms with Crippen molar-refractivity contribution in [3.05, 3.63) is 18.2 Å². The molecule has 0 aliphatic heterocycles. The molecule has 0 heterocycles. The van der Waals surface area contributed by atoms with Gasteiger partial charge in [-0.2, -0.15) is 0 Å². The molecule has 0 aliphatic carbocycles. The highest BCUT2D eigenvalue weighted by atomic mass is 32.2. The van der Waals surface area contributed by atoms with Crippen LogP contribution < -0.4 is 15.2 Å². The van der Waals surface area contributed by atoms with Crippen LogP contribution in [0.25, 0.3) is 0 Å². The maximum absolute atomic E-state index is 5.61. The maximum Gasteiger partial charge on any atom is 0.161 e. The Labute approximate surface area is 108 Å². The average molecular weight is 255 g/mol. The van der Waals surface area contributed by atoms with E-state index in [1.807, 2.05) is 18.2 Å². The second-order valence-corrected chi connectivity index (χ2v) is 6.20. The van der Waals surface area contributed by atoms with E-state index in [0.29, 0.717) is 6.54 Å². The van der Waals surface area contributed by atoms with Crippen LogP contribution in [0, 0.1) is 0 Å². The van der Waals surface area contributed by atoms with E-state index in [1.165, 1.54) is 4.90 Å². The van der Waals surface area contributed by atoms with Gasteiger partial charge in [0.2, 0.25) is 0 Å². The van der Waals surface area contributed by atoms with Gasteiger partial charge in [0.15, 0.2) is 11.5 Å². The van der Waals surface area contributed by atoms with Crippen LogP contribution in [0.3, 0.4) is 0 Å². The van der Waals surface area contributed by atoms with Crippen molar-refractivity contribution in [1.29, 1.82) is 0 Å². The molecule has 0 bridgehead atoms. The molecule has 2 N–H and O–H groups in total. The fourth-order valence-electron chi connectivity index (χ4n) is 1.60. The number of hydrogen-bond acceptors (Lipinski definition) is 4. The minimum Gasteiger partial charge on any atom is -0.493 e. The van der Waals surface area contributed by atoms with Crippen molar-refractivity contribution in [2.75, 3.05) is 20.8 Å². The SMILES string of the molecule is COc1ccc(SC(C)(C)CCN)cc1OC. The number of methoxy groups -OCH3 is 2. The van der Waals surface area contributed by atoms with Gasteiger partial charge in [0.25, 0.3) is 0 Å². The molecular formula is C13H21NO2S. The lowest BCUT2D eigenvalue weighted by Crippen LogP contribution is -2.19. The highest BCUT2D eigenvalue weighted by Gasteiger charge is 2.19. The van der Waals surface area contributed by atoms with Gasteiger partial charge < -0.3 is 15.2 Å². The largest absolute Gasteiger partial charge is 0.493 e. The van der Waals surface area contributed by atoms with E-state index in [0.717, 1.165) is 17.9 Å². The molecule has 3 nitrogen and oxygen atoms in total. The first-order valence-corrected chi connectivity index (χ1v) is 6.45. The second-order valence-electron chi connectivity index (χ2n) is 4.42. The van der Waals surface area contributed by atoms with Crippen molar-refractivity contribution < 1.29 is 9.47 Å². The zero-order valence-electron chi connectivity index (χ0n) is 10.9. The first-order chi connectivity index (χ1) is 8.02. The van der Waals surface area contributed by atoms with Crippen LogP contribution in [0.2, 0.25) is 0 Å². The van der Waals surface area contributed by atoms with E-state index in [1.54, 1.807) is 26.0 Å². The van der Waals surface area contributed by atoms with Gasteiger partial charge in [0.1, 0.15) is 0 Å². The molecule has 0 aromatic heterocycles. The minimum absolute atomic E-state index is 0.133. The Morgan fingerprint density at radius 2 is 1.82 bits per heavy atom. The lowest BCUT2D eigenvalue weighted by molar-refractivity contribution is 0.354. The molecule has 0 spiro atoms. The van der Waals surface area contributed by atoms with Crippen molar-refractivity contribution in [2.24, 2.45) is 5.73 Å². The topological polar surface area (TPSA) is 44.5 Å². The lowest BCUT2D eigenvalue weighted by Gasteiger charge is -2.23. The molecule has 1 aromatic rings. The first-order valence-electron chi connectivity index (χ1n) is 5.63. The molecule has 1 aromatic carbocycles. The van der Waals surface area contributed by atoms with E-state index in [2.05, 4.69) is 13.8 Å². The van der Waals surface area contributed by atoms with Crippen LogP contribution in [0.5, 0.6) is 11.5 Å². The number of hydrogen-bond donors (Lipinski definition) is 1. The third-order valence-corrected chi connectivity index (χ3v) is 3.74. The summed E-state index contributed by atoms with van der Waals surface area (Å²) < 4.78 is 10.6. The van der Waals surface area contributed by atoms with Gasteiger partial charge in [0, 0.05) is 9.64 Å². The van der Waals surface area contributed by atoms with Crippen LogP contribution in [0.1, 0.15) is 20.3 Å². The first kappa shape index (κ1) is 14.2. The summed E-state index contributed by atoms with van der Waals surface area (Å²) in [6.07, 6.45) is 0.978. The van der Waals surface area contributed by atoms with Gasteiger partial charge in [-0.05, 0) is 31.2 Å². The molecule has 17 heavy (non-hydrogen) atoms. The summed E-state index contributed by atoms with van der Waals surface area (Å²) in [6.45, 7) is 5.09. The lowest BCUT2D eigenvalue weighted by atomic mass is 10.1. The standard InChI is InChI=1S/C13H21NO2S/c1-13(2,7-8-14)17-10-5-6-11(15-3)12(9-10)16-4/h5-6,9H,7-8,14H2,1-4H3. The molecule has 0 fully saturated rings. The molecule has 0 aliphatic rings. The summed E-state index contributed by atoms with van der Waals surface area (Å²) in [4.78, 5) is 1.17. The van der Waals surface area contributed by atoms with Gasteiger partial charge in [-0.1, -0.05) is 13.8 Å². The van der Waals surface area contributed by atoms with E-state index >= 15 is 0 Å². The summed E-state index contributed by atoms with van der Waals surface area (Å²) in [7, 11) is 3.29. The normalized spacial score (nSPS) is 11.4. The van der Waals surface area contributed by atoms with Crippen molar-refractivity contribution >= 4 is 11.8 Å². The highest BCUT2D eigenvalue weighted by Crippen LogP contribution is 2.38. The third kappa shape index (κ3) is 4.13. The fraction of sp³-hybridized carbons (Fsp3) is 0.538. The van der Waals surface area contributed by atoms with Crippen LogP contribution in [0.15, 0.2) is 23.1 Å². The number of benzene rings is 1. The molecule has 0 unspecified atom stereocenters. The molecule has 0 radical (unpaired) electrons. The molecule has 4 heteroatoms. The van der Waals surface area contributed by atoms with Crippen LogP contribution >= 0.6 is 11.8 Å². The Morgan fingerprint density at radius 1 is 1.18 bits per heavy atom. The number of thioether (sulfide) groups is 1. The van der Waals surface area contributed by atoms with Gasteiger partial charge in [-0.15, -0.1) is 11.8 Å². The molecule has 96 valence electrons. The minimum atomic E-state index is 0.133. The van der Waals surface area contributed by atoms with Crippen molar-refractivity contribution in [2.45, 2.75) is 29.9 Å². The molecular weight excluding hydrogens is 234 g/mol. The molecule has 0 atom stereocenters. The summed E-state index contributed by atoms with van der Waals surface area (Å²) in [5.41, 5.74) is 5.61. The summed E-state index contributed by atoms with van der Waals surface area (Å²) >= 11 is 1.80. The third-order valence-electron chi connectivity index (χ3n) is 2.50. The zero-order chi connectivity index (χ0) is 12.9. The summed E-state index contributed by atoms with van der Waals surface area (Å²) in [5.74, 6) is 1.52. The average Bonchev–Trinajstić information content (AvgIpc) is 2.28. The van der Waals surface area contributed by atoms with Crippen LogP contribution in [-0.2, 0) is 0 Å². The van der Waals surface area contributed by atoms with E-state index < -0.39 is 0 Å². The van der Waals surface area contributed by atoms with Gasteiger partial charge in [0.05, 0.1) is 14.2 Å². The molecule has 1 rings (SSSR count). The van der Waals surface area contributed by atoms with E-state index in [9.17, 15) is 0 Å². The molecule has 0 saturated heterocycles. The monoisotopic (exact) mass is 255 g/mol. The predicted octanol–water partition coefficient (Wildman–Crippen LogP) is 2.92. The summed E-state index contributed by atoms with van der Waals surface area (Å²) in [5, 5.41) is 0. The van der Waals surface area contributed by atoms with Crippen LogP contribution in [0.4, 0.5) is 0 Å². The van der Waals surface area contributed by atoms with Crippen molar-refractivity contribution in [1.82, 2.24) is 0 Å². The number of nitrogens with two attached hydrogens (primary N) is 1. The smallest absolute Gasteiger partial charge is 0.161 e. The Kier molecular flexibility index (Phi) is 5.15. The molecule has 0 amide bonds. The van der Waals surface area contributed by atoms with Gasteiger partial charge >= 0.3 is 0 Å². The quantitative estimate of drug-likeness (QED) is 0.794. The second kappa shape index (κ2) is 6.17. The highest BCUT2D eigenvalue weighted by molar-refractivity contribution is 8.00. The molecule has 0 saturated carbocycles. The van der Waals surface area contributed by atoms with E-state index in [4.69, 9.17) is 15.2 Å². The van der Waals surface area contributed by atoms with Crippen LogP contribution in [-0.4, -0.2) is 25.5 Å². The predicted molar refractivity (Wildman–Crippen MR) is 73.2 cm³/mol. The van der Waals surface area contributed by atoms with E-state index in [-0.39, 0.29) is 4.75 Å². The Balaban J connectivity index is 2.85. The maximum atomic E-state index is 5.61. The fourth-order valence-corrected chi connectivity index (χ4v) is 2.76. The Morgan fingerprint density at radius 3 is 2.35 bits per heavy atom. The van der Waals surface area contributed by atoms with Crippen molar-refractivity contribution in [3.63, 3.8) is 0 Å². The Hall–Kier alpha value is -0.870. The Bertz CT molecular complexity index is 366. The van der Waals surface area contributed by atoms with Gasteiger partial charge in [-0.3, -0.25) is 0 Å². The zero-order valence-corrected chi connectivity index (χ0v) is 11.8. The summed E-state index contributed by atoms with van der Waals surface area (Å²) in [6, 6.07) is 5.98. The van der Waals surface area contributed by atoms with Gasteiger partial charge in [-0.25, -0.2) is 0 Å². The van der Waals surface area contributed by atoms with Crippen molar-refractivity contribution in [3.8, 4) is 11.5 Å². The number of rotatable bonds is 6. The number of ether oxygens (including phenoxy) is 2.